The Hall–Kier alpha value is -4.17. The highest BCUT2D eigenvalue weighted by atomic mass is 32.1. The number of nitrogens with one attached hydrogen (secondary N) is 1. The minimum atomic E-state index is -0.773. The third-order valence-corrected chi connectivity index (χ3v) is 7.34. The van der Waals surface area contributed by atoms with Gasteiger partial charge in [0.2, 0.25) is 0 Å². The molecule has 182 valence electrons. The Morgan fingerprint density at radius 3 is 2.11 bits per heavy atom. The molecule has 1 aliphatic carbocycles. The van der Waals surface area contributed by atoms with Gasteiger partial charge in [0, 0.05) is 7.05 Å². The van der Waals surface area contributed by atoms with Crippen molar-refractivity contribution in [2.45, 2.75) is 24.9 Å². The number of aromatic nitrogens is 1. The van der Waals surface area contributed by atoms with E-state index < -0.39 is 17.5 Å². The number of aryl methyl sites for hydroxylation is 1. The zero-order valence-corrected chi connectivity index (χ0v) is 20.4. The van der Waals surface area contributed by atoms with Crippen LogP contribution in [0.25, 0.3) is 22.3 Å². The van der Waals surface area contributed by atoms with Crippen LogP contribution in [0.5, 0.6) is 0 Å². The number of carbonyl (C=O) groups excluding carboxylic acids is 1. The summed E-state index contributed by atoms with van der Waals surface area (Å²) in [6.07, 6.45) is 0.699. The fraction of sp³-hybridized carbons (Fsp3) is 0.179. The van der Waals surface area contributed by atoms with E-state index in [0.29, 0.717) is 29.8 Å². The van der Waals surface area contributed by atoms with Crippen molar-refractivity contribution in [3.63, 3.8) is 0 Å². The number of aliphatic carboxylic acids is 1. The first-order valence-electron chi connectivity index (χ1n) is 11.5. The number of carboxylic acids is 1. The van der Waals surface area contributed by atoms with E-state index in [0.717, 1.165) is 33.8 Å². The molecule has 7 nitrogen and oxygen atoms in total. The van der Waals surface area contributed by atoms with Crippen LogP contribution in [0.1, 0.15) is 24.0 Å². The van der Waals surface area contributed by atoms with Crippen LogP contribution < -0.4 is 10.1 Å². The first kappa shape index (κ1) is 23.6. The number of amides is 1. The Kier molecular flexibility index (Phi) is 6.20. The second-order valence-electron chi connectivity index (χ2n) is 8.83. The molecule has 0 radical (unpaired) electrons. The summed E-state index contributed by atoms with van der Waals surface area (Å²) in [6.45, 7) is 0.126. The molecule has 1 aliphatic rings. The number of rotatable bonds is 7. The Bertz CT molecular complexity index is 1470. The monoisotopic (exact) mass is 500 g/mol. The summed E-state index contributed by atoms with van der Waals surface area (Å²) in [7, 11) is 1.71. The highest BCUT2D eigenvalue weighted by Crippen LogP contribution is 2.48. The zero-order chi connectivity index (χ0) is 25.3. The van der Waals surface area contributed by atoms with Gasteiger partial charge in [-0.3, -0.25) is 18.9 Å². The second-order valence-corrected chi connectivity index (χ2v) is 9.93. The molecule has 1 aromatic heterocycles. The number of carboxylic acid groups (broad SMARTS) is 1. The van der Waals surface area contributed by atoms with Crippen LogP contribution in [-0.2, 0) is 28.6 Å². The molecular formula is C28H24N2O5S. The lowest BCUT2D eigenvalue weighted by Crippen LogP contribution is -2.19. The number of hydrogen-bond donors (Lipinski definition) is 2. The highest BCUT2D eigenvalue weighted by Gasteiger charge is 2.51. The van der Waals surface area contributed by atoms with Gasteiger partial charge in [-0.2, -0.15) is 0 Å². The van der Waals surface area contributed by atoms with Crippen molar-refractivity contribution in [1.82, 2.24) is 3.96 Å². The van der Waals surface area contributed by atoms with Crippen LogP contribution >= 0.6 is 11.5 Å². The van der Waals surface area contributed by atoms with Gasteiger partial charge in [-0.1, -0.05) is 78.9 Å². The molecule has 5 rings (SSSR count). The Labute approximate surface area is 211 Å². The van der Waals surface area contributed by atoms with Crippen LogP contribution in [0.2, 0.25) is 0 Å². The molecule has 3 aromatic carbocycles. The number of anilines is 1. The molecule has 1 amide bonds. The van der Waals surface area contributed by atoms with E-state index in [1.165, 1.54) is 0 Å². The van der Waals surface area contributed by atoms with Crippen molar-refractivity contribution in [2.75, 3.05) is 5.32 Å². The van der Waals surface area contributed by atoms with Gasteiger partial charge in [0.1, 0.15) is 12.4 Å². The molecule has 1 saturated carbocycles. The van der Waals surface area contributed by atoms with Crippen molar-refractivity contribution in [2.24, 2.45) is 7.05 Å². The lowest BCUT2D eigenvalue weighted by atomic mass is 9.93. The topological polar surface area (TPSA) is 97.6 Å². The summed E-state index contributed by atoms with van der Waals surface area (Å²) in [4.78, 5) is 36.7. The molecule has 8 heteroatoms. The van der Waals surface area contributed by atoms with Gasteiger partial charge in [-0.15, -0.1) is 0 Å². The molecule has 0 spiro atoms. The summed E-state index contributed by atoms with van der Waals surface area (Å²) in [6, 6.07) is 24.5. The second kappa shape index (κ2) is 9.47. The van der Waals surface area contributed by atoms with Gasteiger partial charge in [0.15, 0.2) is 0 Å². The molecule has 4 aromatic rings. The summed E-state index contributed by atoms with van der Waals surface area (Å²) in [5, 5.41) is 12.2. The first-order valence-corrected chi connectivity index (χ1v) is 12.3. The van der Waals surface area contributed by atoms with Crippen molar-refractivity contribution in [1.29, 1.82) is 0 Å². The van der Waals surface area contributed by atoms with Crippen LogP contribution in [-0.4, -0.2) is 21.1 Å². The summed E-state index contributed by atoms with van der Waals surface area (Å²) in [5.41, 5.74) is 3.93. The Morgan fingerprint density at radius 2 is 1.53 bits per heavy atom. The summed E-state index contributed by atoms with van der Waals surface area (Å²) in [5.74, 6) is -0.395. The predicted molar refractivity (Wildman–Crippen MR) is 139 cm³/mol. The fourth-order valence-corrected chi connectivity index (χ4v) is 5.07. The highest BCUT2D eigenvalue weighted by molar-refractivity contribution is 7.04. The maximum absolute atomic E-state index is 12.7. The fourth-order valence-electron chi connectivity index (χ4n) is 4.28. The van der Waals surface area contributed by atoms with E-state index in [9.17, 15) is 19.5 Å². The van der Waals surface area contributed by atoms with Crippen molar-refractivity contribution >= 4 is 29.4 Å². The molecule has 2 N–H and O–H groups in total. The smallest absolute Gasteiger partial charge is 0.413 e. The van der Waals surface area contributed by atoms with E-state index >= 15 is 0 Å². The maximum Gasteiger partial charge on any atom is 0.413 e. The van der Waals surface area contributed by atoms with Gasteiger partial charge >= 0.3 is 12.1 Å². The number of benzene rings is 3. The third kappa shape index (κ3) is 4.55. The van der Waals surface area contributed by atoms with Crippen molar-refractivity contribution < 1.29 is 19.4 Å². The lowest BCUT2D eigenvalue weighted by molar-refractivity contribution is -0.140. The van der Waals surface area contributed by atoms with E-state index in [2.05, 4.69) is 5.32 Å². The van der Waals surface area contributed by atoms with Gasteiger partial charge in [0.05, 0.1) is 11.0 Å². The van der Waals surface area contributed by atoms with Crippen LogP contribution in [0.4, 0.5) is 10.6 Å². The Morgan fingerprint density at radius 1 is 0.944 bits per heavy atom. The summed E-state index contributed by atoms with van der Waals surface area (Å²) >= 11 is 1.00. The molecule has 1 fully saturated rings. The van der Waals surface area contributed by atoms with Gasteiger partial charge < -0.3 is 9.84 Å². The number of ether oxygens (including phenoxy) is 1. The van der Waals surface area contributed by atoms with Crippen LogP contribution in [0.3, 0.4) is 0 Å². The standard InChI is InChI=1S/C28H24N2O5S/c1-30-24(29-27(34)35-17-18-5-3-2-4-6-18)23(25(31)36-30)21-9-7-19(8-10-21)20-11-13-22(14-12-20)28(15-16-28)26(32)33/h2-14H,15-17H2,1H3,(H,29,34)(H,32,33). The third-order valence-electron chi connectivity index (χ3n) is 6.51. The van der Waals surface area contributed by atoms with Crippen LogP contribution in [0.15, 0.2) is 83.7 Å². The van der Waals surface area contributed by atoms with Crippen molar-refractivity contribution in [3.05, 3.63) is 99.5 Å². The van der Waals surface area contributed by atoms with Gasteiger partial charge in [0.25, 0.3) is 4.74 Å². The molecule has 0 atom stereocenters. The first-order chi connectivity index (χ1) is 17.4. The van der Waals surface area contributed by atoms with Gasteiger partial charge in [-0.25, -0.2) is 4.79 Å². The van der Waals surface area contributed by atoms with E-state index in [-0.39, 0.29) is 11.3 Å². The Balaban J connectivity index is 1.33. The SMILES string of the molecule is Cn1sc(=O)c(-c2ccc(-c3ccc(C4(C(=O)O)CC4)cc3)cc2)c1NC(=O)OCc1ccccc1. The van der Waals surface area contributed by atoms with Crippen LogP contribution in [0, 0.1) is 0 Å². The molecule has 1 heterocycles. The normalized spacial score (nSPS) is 13.7. The summed E-state index contributed by atoms with van der Waals surface area (Å²) < 4.78 is 6.76. The number of hydrogen-bond acceptors (Lipinski definition) is 5. The largest absolute Gasteiger partial charge is 0.481 e. The van der Waals surface area contributed by atoms with E-state index in [4.69, 9.17) is 4.74 Å². The van der Waals surface area contributed by atoms with E-state index in [1.54, 1.807) is 11.0 Å². The molecule has 0 saturated heterocycles. The molecule has 0 aliphatic heterocycles. The van der Waals surface area contributed by atoms with E-state index in [1.807, 2.05) is 78.9 Å². The maximum atomic E-state index is 12.7. The predicted octanol–water partition coefficient (Wildman–Crippen LogP) is 5.65. The quantitative estimate of drug-likeness (QED) is 0.342. The number of carbonyl (C=O) groups is 2. The zero-order valence-electron chi connectivity index (χ0n) is 19.6. The lowest BCUT2D eigenvalue weighted by Gasteiger charge is -2.12. The minimum Gasteiger partial charge on any atom is -0.481 e. The average molecular weight is 501 g/mol. The molecule has 0 unspecified atom stereocenters. The number of nitrogens with zero attached hydrogens (tertiary/aromatic N) is 1. The molecular weight excluding hydrogens is 476 g/mol. The minimum absolute atomic E-state index is 0.126. The molecule has 36 heavy (non-hydrogen) atoms. The molecule has 0 bridgehead atoms. The van der Waals surface area contributed by atoms with Crippen molar-refractivity contribution in [3.8, 4) is 22.3 Å². The average Bonchev–Trinajstić information content (AvgIpc) is 3.66. The van der Waals surface area contributed by atoms with Gasteiger partial charge in [-0.05, 0) is 52.2 Å².